The van der Waals surface area contributed by atoms with Crippen molar-refractivity contribution in [2.75, 3.05) is 20.8 Å². The van der Waals surface area contributed by atoms with E-state index in [1.807, 2.05) is 54.6 Å². The zero-order valence-electron chi connectivity index (χ0n) is 14.3. The van der Waals surface area contributed by atoms with Gasteiger partial charge in [0.25, 0.3) is 5.91 Å². The van der Waals surface area contributed by atoms with Crippen LogP contribution in [0.15, 0.2) is 54.1 Å². The van der Waals surface area contributed by atoms with Crippen LogP contribution in [0.5, 0.6) is 11.5 Å². The van der Waals surface area contributed by atoms with Gasteiger partial charge in [-0.15, -0.1) is 0 Å². The second-order valence-corrected chi connectivity index (χ2v) is 5.28. The quantitative estimate of drug-likeness (QED) is 0.623. The second-order valence-electron chi connectivity index (χ2n) is 5.28. The number of carbonyl (C=O) groups excluding carboxylic acids is 1. The molecule has 25 heavy (non-hydrogen) atoms. The van der Waals surface area contributed by atoms with E-state index in [-0.39, 0.29) is 11.5 Å². The van der Waals surface area contributed by atoms with Gasteiger partial charge in [0.2, 0.25) is 0 Å². The van der Waals surface area contributed by atoms with Crippen molar-refractivity contribution >= 4 is 12.0 Å². The Kier molecular flexibility index (Phi) is 6.61. The van der Waals surface area contributed by atoms with Crippen LogP contribution in [0.3, 0.4) is 0 Å². The molecule has 0 aliphatic heterocycles. The lowest BCUT2D eigenvalue weighted by molar-refractivity contribution is -0.117. The minimum absolute atomic E-state index is 0.0820. The molecule has 5 heteroatoms. The van der Waals surface area contributed by atoms with E-state index in [0.29, 0.717) is 24.5 Å². The van der Waals surface area contributed by atoms with Crippen LogP contribution in [0, 0.1) is 11.3 Å². The van der Waals surface area contributed by atoms with Gasteiger partial charge < -0.3 is 14.8 Å². The first-order valence-corrected chi connectivity index (χ1v) is 7.84. The number of benzene rings is 2. The highest BCUT2D eigenvalue weighted by molar-refractivity contribution is 6.01. The van der Waals surface area contributed by atoms with E-state index in [9.17, 15) is 10.1 Å². The summed E-state index contributed by atoms with van der Waals surface area (Å²) in [7, 11) is 3.16. The van der Waals surface area contributed by atoms with Gasteiger partial charge >= 0.3 is 0 Å². The first kappa shape index (κ1) is 18.1. The molecule has 0 saturated carbocycles. The van der Waals surface area contributed by atoms with Crippen molar-refractivity contribution in [3.63, 3.8) is 0 Å². The fraction of sp³-hybridized carbons (Fsp3) is 0.200. The molecular formula is C20H20N2O3. The van der Waals surface area contributed by atoms with Crippen molar-refractivity contribution in [1.82, 2.24) is 5.32 Å². The van der Waals surface area contributed by atoms with E-state index < -0.39 is 0 Å². The molecule has 0 atom stereocenters. The van der Waals surface area contributed by atoms with Crippen molar-refractivity contribution in [1.29, 1.82) is 5.26 Å². The fourth-order valence-electron chi connectivity index (χ4n) is 2.32. The molecule has 0 fully saturated rings. The van der Waals surface area contributed by atoms with Gasteiger partial charge in [0.15, 0.2) is 11.5 Å². The number of nitriles is 1. The van der Waals surface area contributed by atoms with E-state index in [1.54, 1.807) is 20.3 Å². The van der Waals surface area contributed by atoms with Gasteiger partial charge in [-0.05, 0) is 35.8 Å². The molecule has 2 aromatic rings. The number of hydrogen-bond acceptors (Lipinski definition) is 4. The Morgan fingerprint density at radius 2 is 1.84 bits per heavy atom. The van der Waals surface area contributed by atoms with Gasteiger partial charge in [0.1, 0.15) is 11.6 Å². The Bertz CT molecular complexity index is 792. The minimum Gasteiger partial charge on any atom is -0.493 e. The van der Waals surface area contributed by atoms with Crippen molar-refractivity contribution in [3.05, 3.63) is 65.2 Å². The highest BCUT2D eigenvalue weighted by atomic mass is 16.5. The van der Waals surface area contributed by atoms with E-state index in [2.05, 4.69) is 5.32 Å². The smallest absolute Gasteiger partial charge is 0.261 e. The van der Waals surface area contributed by atoms with Gasteiger partial charge in [-0.2, -0.15) is 5.26 Å². The summed E-state index contributed by atoms with van der Waals surface area (Å²) in [5.74, 6) is 0.924. The van der Waals surface area contributed by atoms with Crippen LogP contribution in [0.4, 0.5) is 0 Å². The third-order valence-electron chi connectivity index (χ3n) is 3.62. The summed E-state index contributed by atoms with van der Waals surface area (Å²) in [6, 6.07) is 16.8. The van der Waals surface area contributed by atoms with Crippen LogP contribution in [-0.2, 0) is 11.2 Å². The molecule has 0 heterocycles. The molecule has 0 saturated heterocycles. The number of carbonyl (C=O) groups is 1. The molecule has 0 unspecified atom stereocenters. The second kappa shape index (κ2) is 9.14. The number of hydrogen-bond donors (Lipinski definition) is 1. The Balaban J connectivity index is 1.96. The van der Waals surface area contributed by atoms with Gasteiger partial charge in [-0.25, -0.2) is 0 Å². The van der Waals surface area contributed by atoms with Crippen LogP contribution in [0.1, 0.15) is 11.1 Å². The highest BCUT2D eigenvalue weighted by Crippen LogP contribution is 2.27. The normalized spacial score (nSPS) is 10.7. The average molecular weight is 336 g/mol. The predicted molar refractivity (Wildman–Crippen MR) is 96.3 cm³/mol. The molecule has 2 rings (SSSR count). The number of rotatable bonds is 7. The maximum atomic E-state index is 12.1. The summed E-state index contributed by atoms with van der Waals surface area (Å²) in [6.07, 6.45) is 2.20. The van der Waals surface area contributed by atoms with Crippen LogP contribution in [-0.4, -0.2) is 26.7 Å². The van der Waals surface area contributed by atoms with Crippen molar-refractivity contribution in [3.8, 4) is 17.6 Å². The third-order valence-corrected chi connectivity index (χ3v) is 3.62. The maximum absolute atomic E-state index is 12.1. The summed E-state index contributed by atoms with van der Waals surface area (Å²) in [6.45, 7) is 0.419. The Labute approximate surface area is 147 Å². The van der Waals surface area contributed by atoms with Gasteiger partial charge in [0, 0.05) is 6.54 Å². The SMILES string of the molecule is COc1ccc(CCNC(=O)/C(C#N)=C/c2ccccc2)cc1OC. The van der Waals surface area contributed by atoms with Crippen LogP contribution in [0.2, 0.25) is 0 Å². The summed E-state index contributed by atoms with van der Waals surface area (Å²) in [4.78, 5) is 12.1. The standard InChI is InChI=1S/C20H20N2O3/c1-24-18-9-8-16(13-19(18)25-2)10-11-22-20(23)17(14-21)12-15-6-4-3-5-7-15/h3-9,12-13H,10-11H2,1-2H3,(H,22,23)/b17-12+. The minimum atomic E-state index is -0.383. The summed E-state index contributed by atoms with van der Waals surface area (Å²) in [5, 5.41) is 12.0. The molecule has 0 bridgehead atoms. The lowest BCUT2D eigenvalue weighted by Crippen LogP contribution is -2.26. The van der Waals surface area contributed by atoms with Crippen LogP contribution in [0.25, 0.3) is 6.08 Å². The Morgan fingerprint density at radius 3 is 2.48 bits per heavy atom. The number of nitrogens with one attached hydrogen (secondary N) is 1. The third kappa shape index (κ3) is 5.11. The molecule has 128 valence electrons. The predicted octanol–water partition coefficient (Wildman–Crippen LogP) is 2.97. The van der Waals surface area contributed by atoms with Crippen molar-refractivity contribution < 1.29 is 14.3 Å². The molecule has 0 aromatic heterocycles. The number of ether oxygens (including phenoxy) is 2. The van der Waals surface area contributed by atoms with Gasteiger partial charge in [-0.3, -0.25) is 4.79 Å². The molecule has 1 amide bonds. The molecule has 2 aromatic carbocycles. The largest absolute Gasteiger partial charge is 0.493 e. The summed E-state index contributed by atoms with van der Waals surface area (Å²) in [5.41, 5.74) is 1.90. The topological polar surface area (TPSA) is 71.3 Å². The highest BCUT2D eigenvalue weighted by Gasteiger charge is 2.09. The molecule has 5 nitrogen and oxygen atoms in total. The van der Waals surface area contributed by atoms with Gasteiger partial charge in [0.05, 0.1) is 14.2 Å². The molecule has 0 spiro atoms. The van der Waals surface area contributed by atoms with Crippen LogP contribution < -0.4 is 14.8 Å². The zero-order chi connectivity index (χ0) is 18.1. The monoisotopic (exact) mass is 336 g/mol. The Hall–Kier alpha value is -3.26. The lowest BCUT2D eigenvalue weighted by atomic mass is 10.1. The Morgan fingerprint density at radius 1 is 1.12 bits per heavy atom. The van der Waals surface area contributed by atoms with Crippen LogP contribution >= 0.6 is 0 Å². The van der Waals surface area contributed by atoms with Crippen molar-refractivity contribution in [2.45, 2.75) is 6.42 Å². The molecule has 0 aliphatic rings. The average Bonchev–Trinajstić information content (AvgIpc) is 2.66. The molecule has 0 radical (unpaired) electrons. The van der Waals surface area contributed by atoms with E-state index >= 15 is 0 Å². The maximum Gasteiger partial charge on any atom is 0.261 e. The molecular weight excluding hydrogens is 316 g/mol. The molecule has 0 aliphatic carbocycles. The van der Waals surface area contributed by atoms with Crippen molar-refractivity contribution in [2.24, 2.45) is 0 Å². The lowest BCUT2D eigenvalue weighted by Gasteiger charge is -2.10. The number of amides is 1. The first-order valence-electron chi connectivity index (χ1n) is 7.84. The van der Waals surface area contributed by atoms with E-state index in [1.165, 1.54) is 0 Å². The van der Waals surface area contributed by atoms with E-state index in [0.717, 1.165) is 11.1 Å². The van der Waals surface area contributed by atoms with E-state index in [4.69, 9.17) is 9.47 Å². The number of nitrogens with zero attached hydrogens (tertiary/aromatic N) is 1. The number of methoxy groups -OCH3 is 2. The first-order chi connectivity index (χ1) is 12.2. The summed E-state index contributed by atoms with van der Waals surface area (Å²) >= 11 is 0. The molecule has 1 N–H and O–H groups in total. The zero-order valence-corrected chi connectivity index (χ0v) is 14.3. The summed E-state index contributed by atoms with van der Waals surface area (Å²) < 4.78 is 10.5. The van der Waals surface area contributed by atoms with Gasteiger partial charge in [-0.1, -0.05) is 36.4 Å². The fourth-order valence-corrected chi connectivity index (χ4v) is 2.32.